The van der Waals surface area contributed by atoms with Crippen LogP contribution in [0.5, 0.6) is 11.5 Å². The zero-order valence-electron chi connectivity index (χ0n) is 19.8. The molecule has 0 saturated heterocycles. The molecule has 178 valence electrons. The summed E-state index contributed by atoms with van der Waals surface area (Å²) in [5.74, 6) is 0.495. The Morgan fingerprint density at radius 3 is 2.29 bits per heavy atom. The second-order valence-electron chi connectivity index (χ2n) is 8.08. The third kappa shape index (κ3) is 5.24. The first kappa shape index (κ1) is 23.8. The number of rotatable bonds is 8. The minimum atomic E-state index is -0.410. The van der Waals surface area contributed by atoms with Gasteiger partial charge in [-0.15, -0.1) is 0 Å². The van der Waals surface area contributed by atoms with Crippen molar-refractivity contribution in [3.05, 3.63) is 99.8 Å². The van der Waals surface area contributed by atoms with E-state index in [0.29, 0.717) is 40.3 Å². The van der Waals surface area contributed by atoms with Crippen LogP contribution in [-0.2, 0) is 11.3 Å². The van der Waals surface area contributed by atoms with Gasteiger partial charge in [0, 0.05) is 17.4 Å². The summed E-state index contributed by atoms with van der Waals surface area (Å²) in [6, 6.07) is 19.1. The number of pyridine rings is 1. The van der Waals surface area contributed by atoms with Crippen LogP contribution in [-0.4, -0.2) is 30.0 Å². The van der Waals surface area contributed by atoms with Gasteiger partial charge in [-0.2, -0.15) is 0 Å². The molecule has 0 spiro atoms. The minimum Gasteiger partial charge on any atom is -0.497 e. The van der Waals surface area contributed by atoms with Crippen LogP contribution < -0.4 is 20.2 Å². The fraction of sp³-hybridized carbons (Fsp3) is 0.179. The summed E-state index contributed by atoms with van der Waals surface area (Å²) in [5.41, 5.74) is 2.13. The van der Waals surface area contributed by atoms with Crippen molar-refractivity contribution < 1.29 is 19.1 Å². The van der Waals surface area contributed by atoms with Gasteiger partial charge in [0.15, 0.2) is 5.78 Å². The highest BCUT2D eigenvalue weighted by Crippen LogP contribution is 2.21. The standard InChI is InChI=1S/C28H26N2O5/c1-4-35-21-11-9-20(10-12-21)29-26(31)17-30-16-24(27(32)19-7-5-18(2)6-8-19)28(33)23-15-22(34-3)13-14-25(23)30/h5-16H,4,17H2,1-3H3,(H,29,31). The second kappa shape index (κ2) is 10.3. The Labute approximate surface area is 202 Å². The van der Waals surface area contributed by atoms with Gasteiger partial charge in [0.05, 0.1) is 30.2 Å². The third-order valence-corrected chi connectivity index (χ3v) is 5.61. The number of hydrogen-bond donors (Lipinski definition) is 1. The molecule has 0 bridgehead atoms. The molecule has 0 saturated carbocycles. The van der Waals surface area contributed by atoms with Crippen molar-refractivity contribution in [2.75, 3.05) is 19.0 Å². The average molecular weight is 471 g/mol. The van der Waals surface area contributed by atoms with Gasteiger partial charge in [-0.25, -0.2) is 0 Å². The monoisotopic (exact) mass is 470 g/mol. The lowest BCUT2D eigenvalue weighted by Gasteiger charge is -2.14. The number of carbonyl (C=O) groups excluding carboxylic acids is 2. The molecule has 1 aromatic heterocycles. The van der Waals surface area contributed by atoms with Crippen LogP contribution in [0.3, 0.4) is 0 Å². The lowest BCUT2D eigenvalue weighted by molar-refractivity contribution is -0.116. The maximum Gasteiger partial charge on any atom is 0.244 e. The van der Waals surface area contributed by atoms with Gasteiger partial charge >= 0.3 is 0 Å². The Balaban J connectivity index is 1.71. The number of ketones is 1. The van der Waals surface area contributed by atoms with Crippen LogP contribution in [0.15, 0.2) is 77.7 Å². The van der Waals surface area contributed by atoms with Gasteiger partial charge < -0.3 is 19.4 Å². The summed E-state index contributed by atoms with van der Waals surface area (Å²) in [5, 5.41) is 3.15. The molecule has 0 aliphatic carbocycles. The summed E-state index contributed by atoms with van der Waals surface area (Å²) in [6.07, 6.45) is 1.46. The average Bonchev–Trinajstić information content (AvgIpc) is 2.87. The molecule has 0 unspecified atom stereocenters. The van der Waals surface area contributed by atoms with Gasteiger partial charge in [0.25, 0.3) is 0 Å². The van der Waals surface area contributed by atoms with Crippen LogP contribution in [0.4, 0.5) is 5.69 Å². The number of carbonyl (C=O) groups is 2. The number of aryl methyl sites for hydroxylation is 1. The van der Waals surface area contributed by atoms with Crippen LogP contribution in [0.1, 0.15) is 28.4 Å². The number of hydrogen-bond acceptors (Lipinski definition) is 5. The van der Waals surface area contributed by atoms with Crippen LogP contribution in [0.25, 0.3) is 10.9 Å². The van der Waals surface area contributed by atoms with Crippen LogP contribution >= 0.6 is 0 Å². The van der Waals surface area contributed by atoms with Crippen LogP contribution in [0, 0.1) is 6.92 Å². The molecule has 4 aromatic rings. The second-order valence-corrected chi connectivity index (χ2v) is 8.08. The highest BCUT2D eigenvalue weighted by molar-refractivity contribution is 6.10. The summed E-state index contributed by atoms with van der Waals surface area (Å²) in [6.45, 7) is 4.29. The molecule has 4 rings (SSSR count). The zero-order valence-corrected chi connectivity index (χ0v) is 19.8. The molecule has 7 nitrogen and oxygen atoms in total. The first-order valence-electron chi connectivity index (χ1n) is 11.2. The fourth-order valence-corrected chi connectivity index (χ4v) is 3.81. The minimum absolute atomic E-state index is 0.0107. The molecular formula is C28H26N2O5. The number of amides is 1. The van der Waals surface area contributed by atoms with Crippen molar-refractivity contribution in [1.82, 2.24) is 4.57 Å². The Bertz CT molecular complexity index is 1440. The lowest BCUT2D eigenvalue weighted by Crippen LogP contribution is -2.24. The Morgan fingerprint density at radius 1 is 0.943 bits per heavy atom. The molecule has 1 amide bonds. The first-order chi connectivity index (χ1) is 16.9. The van der Waals surface area contributed by atoms with Gasteiger partial charge in [0.1, 0.15) is 18.0 Å². The van der Waals surface area contributed by atoms with E-state index in [4.69, 9.17) is 9.47 Å². The predicted molar refractivity (Wildman–Crippen MR) is 136 cm³/mol. The van der Waals surface area contributed by atoms with E-state index >= 15 is 0 Å². The maximum atomic E-state index is 13.3. The molecule has 0 fully saturated rings. The SMILES string of the molecule is CCOc1ccc(NC(=O)Cn2cc(C(=O)c3ccc(C)cc3)c(=O)c3cc(OC)ccc32)cc1. The Kier molecular flexibility index (Phi) is 6.96. The van der Waals surface area contributed by atoms with E-state index in [1.54, 1.807) is 59.2 Å². The number of ether oxygens (including phenoxy) is 2. The molecule has 0 aliphatic heterocycles. The van der Waals surface area contributed by atoms with Crippen molar-refractivity contribution in [2.45, 2.75) is 20.4 Å². The molecule has 35 heavy (non-hydrogen) atoms. The van der Waals surface area contributed by atoms with E-state index in [9.17, 15) is 14.4 Å². The van der Waals surface area contributed by atoms with Gasteiger partial charge in [-0.3, -0.25) is 14.4 Å². The Morgan fingerprint density at radius 2 is 1.63 bits per heavy atom. The van der Waals surface area contributed by atoms with Crippen LogP contribution in [0.2, 0.25) is 0 Å². The highest BCUT2D eigenvalue weighted by atomic mass is 16.5. The van der Waals surface area contributed by atoms with E-state index in [1.807, 2.05) is 26.0 Å². The summed E-state index contributed by atoms with van der Waals surface area (Å²) >= 11 is 0. The molecule has 0 aliphatic rings. The number of benzene rings is 3. The smallest absolute Gasteiger partial charge is 0.244 e. The number of aromatic nitrogens is 1. The van der Waals surface area contributed by atoms with Gasteiger partial charge in [0.2, 0.25) is 11.3 Å². The number of fused-ring (bicyclic) bond motifs is 1. The predicted octanol–water partition coefficient (Wildman–Crippen LogP) is 4.59. The van der Waals surface area contributed by atoms with Crippen molar-refractivity contribution in [3.8, 4) is 11.5 Å². The first-order valence-corrected chi connectivity index (χ1v) is 11.2. The normalized spacial score (nSPS) is 10.7. The molecule has 7 heteroatoms. The lowest BCUT2D eigenvalue weighted by atomic mass is 10.0. The zero-order chi connectivity index (χ0) is 24.9. The van der Waals surface area contributed by atoms with Gasteiger partial charge in [-0.1, -0.05) is 29.8 Å². The Hall–Kier alpha value is -4.39. The van der Waals surface area contributed by atoms with E-state index in [1.165, 1.54) is 13.3 Å². The largest absolute Gasteiger partial charge is 0.497 e. The quantitative estimate of drug-likeness (QED) is 0.381. The fourth-order valence-electron chi connectivity index (χ4n) is 3.81. The molecule has 0 radical (unpaired) electrons. The number of anilines is 1. The van der Waals surface area contributed by atoms with E-state index in [0.717, 1.165) is 5.56 Å². The maximum absolute atomic E-state index is 13.3. The van der Waals surface area contributed by atoms with Crippen molar-refractivity contribution in [3.63, 3.8) is 0 Å². The summed E-state index contributed by atoms with van der Waals surface area (Å²) in [4.78, 5) is 39.4. The van der Waals surface area contributed by atoms with Crippen molar-refractivity contribution in [1.29, 1.82) is 0 Å². The molecule has 3 aromatic carbocycles. The van der Waals surface area contributed by atoms with E-state index < -0.39 is 11.2 Å². The molecule has 1 heterocycles. The molecule has 0 atom stereocenters. The van der Waals surface area contributed by atoms with E-state index in [-0.39, 0.29) is 18.0 Å². The molecular weight excluding hydrogens is 444 g/mol. The number of methoxy groups -OCH3 is 1. The van der Waals surface area contributed by atoms with Crippen molar-refractivity contribution >= 4 is 28.3 Å². The summed E-state index contributed by atoms with van der Waals surface area (Å²) < 4.78 is 12.3. The van der Waals surface area contributed by atoms with Gasteiger partial charge in [-0.05, 0) is 56.3 Å². The third-order valence-electron chi connectivity index (χ3n) is 5.61. The number of nitrogens with zero attached hydrogens (tertiary/aromatic N) is 1. The van der Waals surface area contributed by atoms with Crippen molar-refractivity contribution in [2.24, 2.45) is 0 Å². The topological polar surface area (TPSA) is 86.6 Å². The van der Waals surface area contributed by atoms with E-state index in [2.05, 4.69) is 5.32 Å². The number of nitrogens with one attached hydrogen (secondary N) is 1. The summed E-state index contributed by atoms with van der Waals surface area (Å²) in [7, 11) is 1.51. The highest BCUT2D eigenvalue weighted by Gasteiger charge is 2.19. The molecule has 1 N–H and O–H groups in total.